The molecule has 1 aromatic carbocycles. The largest absolute Gasteiger partial charge is 0.339 e. The predicted molar refractivity (Wildman–Crippen MR) is 74.0 cm³/mol. The summed E-state index contributed by atoms with van der Waals surface area (Å²) in [4.78, 5) is 8.06. The van der Waals surface area contributed by atoms with Gasteiger partial charge in [0.2, 0.25) is 5.95 Å². The van der Waals surface area contributed by atoms with Crippen LogP contribution >= 0.6 is 11.6 Å². The maximum atomic E-state index is 6.02. The first kappa shape index (κ1) is 12.6. The minimum atomic E-state index is 0.313. The fourth-order valence-corrected chi connectivity index (χ4v) is 1.67. The van der Waals surface area contributed by atoms with Crippen LogP contribution < -0.4 is 16.6 Å². The molecule has 0 fully saturated rings. The first-order valence-electron chi connectivity index (χ1n) is 5.58. The van der Waals surface area contributed by atoms with Gasteiger partial charge in [-0.15, -0.1) is 0 Å². The smallest absolute Gasteiger partial charge is 0.239 e. The molecule has 0 bridgehead atoms. The number of rotatable bonds is 4. The Labute approximate surface area is 110 Å². The summed E-state index contributed by atoms with van der Waals surface area (Å²) in [6.07, 6.45) is 2.47. The molecule has 0 radical (unpaired) electrons. The van der Waals surface area contributed by atoms with Crippen molar-refractivity contribution < 1.29 is 0 Å². The van der Waals surface area contributed by atoms with Crippen LogP contribution in [0.3, 0.4) is 0 Å². The summed E-state index contributed by atoms with van der Waals surface area (Å²) >= 11 is 6.02. The lowest BCUT2D eigenvalue weighted by Gasteiger charge is -2.09. The van der Waals surface area contributed by atoms with Crippen molar-refractivity contribution in [2.24, 2.45) is 5.84 Å². The summed E-state index contributed by atoms with van der Waals surface area (Å²) in [5.41, 5.74) is 4.55. The Bertz CT molecular complexity index is 544. The van der Waals surface area contributed by atoms with Crippen molar-refractivity contribution in [3.05, 3.63) is 41.0 Å². The number of hydrogen-bond donors (Lipinski definition) is 3. The Morgan fingerprint density at radius 2 is 2.22 bits per heavy atom. The number of nitrogens with one attached hydrogen (secondary N) is 2. The molecule has 0 amide bonds. The van der Waals surface area contributed by atoms with Gasteiger partial charge in [-0.2, -0.15) is 4.98 Å². The molecule has 5 nitrogen and oxygen atoms in total. The number of aromatic nitrogens is 2. The molecule has 0 aliphatic carbocycles. The topological polar surface area (TPSA) is 75.9 Å². The first-order valence-corrected chi connectivity index (χ1v) is 5.96. The van der Waals surface area contributed by atoms with Crippen LogP contribution in [0.25, 0.3) is 0 Å². The SMILES string of the molecule is CCc1cccc(Nc2nc(NN)ncc2Cl)c1. The van der Waals surface area contributed by atoms with Crippen LogP contribution in [0.5, 0.6) is 0 Å². The fraction of sp³-hybridized carbons (Fsp3) is 0.167. The van der Waals surface area contributed by atoms with E-state index in [1.807, 2.05) is 18.2 Å². The standard InChI is InChI=1S/C12H14ClN5/c1-2-8-4-3-5-9(6-8)16-11-10(13)7-15-12(17-11)18-14/h3-7H,2,14H2,1H3,(H2,15,16,17,18). The van der Waals surface area contributed by atoms with Gasteiger partial charge in [-0.1, -0.05) is 30.7 Å². The van der Waals surface area contributed by atoms with Gasteiger partial charge in [0, 0.05) is 5.69 Å². The highest BCUT2D eigenvalue weighted by Crippen LogP contribution is 2.23. The van der Waals surface area contributed by atoms with Crippen LogP contribution in [0.2, 0.25) is 5.02 Å². The number of benzene rings is 1. The lowest BCUT2D eigenvalue weighted by atomic mass is 10.1. The molecular weight excluding hydrogens is 250 g/mol. The molecule has 0 saturated heterocycles. The van der Waals surface area contributed by atoms with E-state index < -0.39 is 0 Å². The maximum Gasteiger partial charge on any atom is 0.239 e. The summed E-state index contributed by atoms with van der Waals surface area (Å²) in [5.74, 6) is 6.10. The van der Waals surface area contributed by atoms with Crippen LogP contribution in [0.1, 0.15) is 12.5 Å². The van der Waals surface area contributed by atoms with Gasteiger partial charge < -0.3 is 5.32 Å². The molecule has 1 heterocycles. The Kier molecular flexibility index (Phi) is 3.96. The van der Waals surface area contributed by atoms with Crippen LogP contribution in [0.4, 0.5) is 17.5 Å². The number of hydrazine groups is 1. The van der Waals surface area contributed by atoms with Gasteiger partial charge in [-0.05, 0) is 24.1 Å². The molecule has 0 atom stereocenters. The monoisotopic (exact) mass is 263 g/mol. The number of nitrogens with two attached hydrogens (primary N) is 1. The molecule has 94 valence electrons. The van der Waals surface area contributed by atoms with E-state index in [0.29, 0.717) is 16.8 Å². The van der Waals surface area contributed by atoms with E-state index in [9.17, 15) is 0 Å². The average molecular weight is 264 g/mol. The highest BCUT2D eigenvalue weighted by atomic mass is 35.5. The second-order valence-electron chi connectivity index (χ2n) is 3.71. The normalized spacial score (nSPS) is 10.2. The second kappa shape index (κ2) is 5.66. The minimum Gasteiger partial charge on any atom is -0.339 e. The summed E-state index contributed by atoms with van der Waals surface area (Å²) in [5, 5.41) is 3.58. The summed E-state index contributed by atoms with van der Waals surface area (Å²) in [7, 11) is 0. The van der Waals surface area contributed by atoms with E-state index in [1.165, 1.54) is 11.8 Å². The Balaban J connectivity index is 2.27. The molecule has 6 heteroatoms. The fourth-order valence-electron chi connectivity index (χ4n) is 1.53. The summed E-state index contributed by atoms with van der Waals surface area (Å²) in [6.45, 7) is 2.10. The zero-order chi connectivity index (χ0) is 13.0. The molecular formula is C12H14ClN5. The van der Waals surface area contributed by atoms with Crippen molar-refractivity contribution >= 4 is 29.1 Å². The van der Waals surface area contributed by atoms with E-state index in [2.05, 4.69) is 33.7 Å². The number of hydrogen-bond acceptors (Lipinski definition) is 5. The van der Waals surface area contributed by atoms with E-state index in [0.717, 1.165) is 12.1 Å². The predicted octanol–water partition coefficient (Wildman–Crippen LogP) is 2.72. The van der Waals surface area contributed by atoms with E-state index in [1.54, 1.807) is 0 Å². The van der Waals surface area contributed by atoms with Crippen LogP contribution in [-0.2, 0) is 6.42 Å². The average Bonchev–Trinajstić information content (AvgIpc) is 2.41. The van der Waals surface area contributed by atoms with Crippen molar-refractivity contribution in [3.63, 3.8) is 0 Å². The summed E-state index contributed by atoms with van der Waals surface area (Å²) in [6, 6.07) is 8.05. The minimum absolute atomic E-state index is 0.313. The van der Waals surface area contributed by atoms with Gasteiger partial charge >= 0.3 is 0 Å². The van der Waals surface area contributed by atoms with Crippen LogP contribution in [0, 0.1) is 0 Å². The van der Waals surface area contributed by atoms with Gasteiger partial charge in [0.15, 0.2) is 5.82 Å². The maximum absolute atomic E-state index is 6.02. The van der Waals surface area contributed by atoms with Gasteiger partial charge in [0.05, 0.1) is 6.20 Å². The quantitative estimate of drug-likeness (QED) is 0.584. The molecule has 0 saturated carbocycles. The highest BCUT2D eigenvalue weighted by molar-refractivity contribution is 6.32. The molecule has 2 aromatic rings. The third-order valence-corrected chi connectivity index (χ3v) is 2.75. The zero-order valence-corrected chi connectivity index (χ0v) is 10.7. The highest BCUT2D eigenvalue weighted by Gasteiger charge is 2.05. The van der Waals surface area contributed by atoms with Crippen molar-refractivity contribution in [2.75, 3.05) is 10.7 Å². The third-order valence-electron chi connectivity index (χ3n) is 2.47. The zero-order valence-electron chi connectivity index (χ0n) is 9.94. The van der Waals surface area contributed by atoms with Gasteiger partial charge in [0.1, 0.15) is 5.02 Å². The Hall–Kier alpha value is -1.85. The number of nitrogen functional groups attached to an aromatic ring is 1. The molecule has 0 unspecified atom stereocenters. The van der Waals surface area contributed by atoms with E-state index in [-0.39, 0.29) is 0 Å². The van der Waals surface area contributed by atoms with Crippen LogP contribution in [0.15, 0.2) is 30.5 Å². The number of aryl methyl sites for hydroxylation is 1. The lowest BCUT2D eigenvalue weighted by Crippen LogP contribution is -2.11. The second-order valence-corrected chi connectivity index (χ2v) is 4.12. The van der Waals surface area contributed by atoms with Gasteiger partial charge in [-0.3, -0.25) is 5.43 Å². The molecule has 1 aromatic heterocycles. The molecule has 0 aliphatic heterocycles. The van der Waals surface area contributed by atoms with Crippen molar-refractivity contribution in [1.29, 1.82) is 0 Å². The van der Waals surface area contributed by atoms with Gasteiger partial charge in [-0.25, -0.2) is 10.8 Å². The Morgan fingerprint density at radius 1 is 1.39 bits per heavy atom. The Morgan fingerprint density at radius 3 is 2.94 bits per heavy atom. The summed E-state index contributed by atoms with van der Waals surface area (Å²) < 4.78 is 0. The number of nitrogens with zero attached hydrogens (tertiary/aromatic N) is 2. The molecule has 0 aliphatic rings. The van der Waals surface area contributed by atoms with E-state index in [4.69, 9.17) is 17.4 Å². The molecule has 2 rings (SSSR count). The van der Waals surface area contributed by atoms with Crippen molar-refractivity contribution in [3.8, 4) is 0 Å². The molecule has 18 heavy (non-hydrogen) atoms. The van der Waals surface area contributed by atoms with Gasteiger partial charge in [0.25, 0.3) is 0 Å². The lowest BCUT2D eigenvalue weighted by molar-refractivity contribution is 1.11. The number of halogens is 1. The third kappa shape index (κ3) is 2.88. The van der Waals surface area contributed by atoms with E-state index >= 15 is 0 Å². The van der Waals surface area contributed by atoms with Crippen molar-refractivity contribution in [2.45, 2.75) is 13.3 Å². The van der Waals surface area contributed by atoms with Crippen molar-refractivity contribution in [1.82, 2.24) is 9.97 Å². The number of anilines is 3. The first-order chi connectivity index (χ1) is 8.72. The van der Waals surface area contributed by atoms with Crippen LogP contribution in [-0.4, -0.2) is 9.97 Å². The molecule has 4 N–H and O–H groups in total. The molecule has 0 spiro atoms.